The number of rotatable bonds is 4. The number of nitrogens with one attached hydrogen (secondary N) is 1. The summed E-state index contributed by atoms with van der Waals surface area (Å²) in [6, 6.07) is 8.13. The fourth-order valence-corrected chi connectivity index (χ4v) is 2.21. The lowest BCUT2D eigenvalue weighted by atomic mass is 10.2. The number of benzene rings is 2. The van der Waals surface area contributed by atoms with E-state index in [1.165, 1.54) is 12.1 Å². The van der Waals surface area contributed by atoms with Crippen LogP contribution in [0.15, 0.2) is 34.8 Å². The molecule has 2 aromatic rings. The van der Waals surface area contributed by atoms with Crippen molar-refractivity contribution < 1.29 is 9.13 Å². The minimum absolute atomic E-state index is 0.148. The Morgan fingerprint density at radius 2 is 2.05 bits per heavy atom. The van der Waals surface area contributed by atoms with Gasteiger partial charge in [-0.25, -0.2) is 4.39 Å². The minimum atomic E-state index is -0.491. The molecule has 0 atom stereocenters. The van der Waals surface area contributed by atoms with Crippen molar-refractivity contribution >= 4 is 44.6 Å². The van der Waals surface area contributed by atoms with E-state index in [1.807, 2.05) is 12.1 Å². The highest BCUT2D eigenvalue weighted by Gasteiger charge is 2.10. The van der Waals surface area contributed by atoms with Crippen LogP contribution in [0.5, 0.6) is 5.75 Å². The van der Waals surface area contributed by atoms with E-state index in [2.05, 4.69) is 21.2 Å². The summed E-state index contributed by atoms with van der Waals surface area (Å²) < 4.78 is 19.7. The topological polar surface area (TPSA) is 47.3 Å². The van der Waals surface area contributed by atoms with Crippen LogP contribution in [-0.2, 0) is 0 Å². The molecule has 106 valence electrons. The van der Waals surface area contributed by atoms with E-state index < -0.39 is 5.82 Å². The molecule has 0 radical (unpaired) electrons. The summed E-state index contributed by atoms with van der Waals surface area (Å²) in [7, 11) is 0. The first-order valence-electron chi connectivity index (χ1n) is 5.95. The number of nitrogen functional groups attached to an aromatic ring is 1. The van der Waals surface area contributed by atoms with Gasteiger partial charge in [-0.15, -0.1) is 0 Å². The fourth-order valence-electron chi connectivity index (χ4n) is 1.68. The fraction of sp³-hybridized carbons (Fsp3) is 0.143. The Labute approximate surface area is 130 Å². The lowest BCUT2D eigenvalue weighted by Gasteiger charge is -2.14. The molecule has 0 aromatic heterocycles. The summed E-state index contributed by atoms with van der Waals surface area (Å²) in [5.74, 6) is -0.342. The molecular formula is C14H13BrClFN2O. The molecule has 0 aliphatic carbocycles. The van der Waals surface area contributed by atoms with E-state index in [-0.39, 0.29) is 11.4 Å². The summed E-state index contributed by atoms with van der Waals surface area (Å²) in [6.45, 7) is 2.16. The first-order chi connectivity index (χ1) is 9.51. The summed E-state index contributed by atoms with van der Waals surface area (Å²) in [5, 5.41) is 3.61. The van der Waals surface area contributed by atoms with Crippen LogP contribution in [0.1, 0.15) is 6.92 Å². The van der Waals surface area contributed by atoms with Gasteiger partial charge < -0.3 is 15.8 Å². The van der Waals surface area contributed by atoms with Crippen molar-refractivity contribution in [3.8, 4) is 5.75 Å². The van der Waals surface area contributed by atoms with E-state index in [9.17, 15) is 4.39 Å². The van der Waals surface area contributed by atoms with Crippen molar-refractivity contribution in [2.75, 3.05) is 17.7 Å². The molecule has 0 heterocycles. The van der Waals surface area contributed by atoms with Gasteiger partial charge in [-0.05, 0) is 25.1 Å². The van der Waals surface area contributed by atoms with Crippen LogP contribution in [-0.4, -0.2) is 6.61 Å². The van der Waals surface area contributed by atoms with Crippen molar-refractivity contribution in [3.63, 3.8) is 0 Å². The average Bonchev–Trinajstić information content (AvgIpc) is 2.39. The molecule has 6 heteroatoms. The third kappa shape index (κ3) is 3.35. The molecular weight excluding hydrogens is 347 g/mol. The highest BCUT2D eigenvalue weighted by atomic mass is 79.9. The SMILES string of the molecule is CCOc1cc(Nc2cc(Br)ccc2Cl)c(N)cc1F. The van der Waals surface area contributed by atoms with Crippen molar-refractivity contribution in [2.24, 2.45) is 0 Å². The minimum Gasteiger partial charge on any atom is -0.491 e. The molecule has 3 N–H and O–H groups in total. The molecule has 2 aromatic carbocycles. The predicted molar refractivity (Wildman–Crippen MR) is 84.4 cm³/mol. The molecule has 0 aliphatic rings. The van der Waals surface area contributed by atoms with Gasteiger partial charge in [0.25, 0.3) is 0 Å². The predicted octanol–water partition coefficient (Wildman–Crippen LogP) is 4.97. The number of nitrogens with two attached hydrogens (primary N) is 1. The van der Waals surface area contributed by atoms with Crippen LogP contribution in [0.4, 0.5) is 21.5 Å². The van der Waals surface area contributed by atoms with Gasteiger partial charge in [-0.3, -0.25) is 0 Å². The van der Waals surface area contributed by atoms with Gasteiger partial charge in [0.15, 0.2) is 11.6 Å². The summed E-state index contributed by atoms with van der Waals surface area (Å²) in [6.07, 6.45) is 0. The van der Waals surface area contributed by atoms with Crippen LogP contribution in [0.3, 0.4) is 0 Å². The first kappa shape index (κ1) is 14.9. The smallest absolute Gasteiger partial charge is 0.167 e. The Bertz CT molecular complexity index is 637. The molecule has 0 saturated heterocycles. The molecule has 2 rings (SSSR count). The van der Waals surface area contributed by atoms with Gasteiger partial charge >= 0.3 is 0 Å². The monoisotopic (exact) mass is 358 g/mol. The molecule has 0 saturated carbocycles. The van der Waals surface area contributed by atoms with Crippen molar-refractivity contribution in [2.45, 2.75) is 6.92 Å². The zero-order chi connectivity index (χ0) is 14.7. The van der Waals surface area contributed by atoms with Crippen LogP contribution in [0, 0.1) is 5.82 Å². The normalized spacial score (nSPS) is 10.4. The molecule has 0 amide bonds. The number of hydrogen-bond acceptors (Lipinski definition) is 3. The van der Waals surface area contributed by atoms with Crippen molar-refractivity contribution in [3.05, 3.63) is 45.6 Å². The standard InChI is InChI=1S/C14H13BrClFN2O/c1-2-20-14-7-13(11(18)6-10(14)17)19-12-5-8(15)3-4-9(12)16/h3-7,19H,2,18H2,1H3. The van der Waals surface area contributed by atoms with Gasteiger partial charge in [0.2, 0.25) is 0 Å². The Morgan fingerprint density at radius 3 is 2.75 bits per heavy atom. The van der Waals surface area contributed by atoms with Crippen molar-refractivity contribution in [1.29, 1.82) is 0 Å². The third-order valence-corrected chi connectivity index (χ3v) is 3.42. The second-order valence-electron chi connectivity index (χ2n) is 4.05. The molecule has 0 spiro atoms. The Morgan fingerprint density at radius 1 is 1.30 bits per heavy atom. The average molecular weight is 360 g/mol. The zero-order valence-corrected chi connectivity index (χ0v) is 13.1. The first-order valence-corrected chi connectivity index (χ1v) is 7.12. The van der Waals surface area contributed by atoms with Crippen LogP contribution < -0.4 is 15.8 Å². The van der Waals surface area contributed by atoms with E-state index >= 15 is 0 Å². The molecule has 0 unspecified atom stereocenters. The van der Waals surface area contributed by atoms with Crippen LogP contribution in [0.2, 0.25) is 5.02 Å². The van der Waals surface area contributed by atoms with Gasteiger partial charge in [-0.2, -0.15) is 0 Å². The number of anilines is 3. The zero-order valence-electron chi connectivity index (χ0n) is 10.7. The third-order valence-electron chi connectivity index (χ3n) is 2.60. The molecule has 0 fully saturated rings. The van der Waals surface area contributed by atoms with Crippen LogP contribution in [0.25, 0.3) is 0 Å². The van der Waals surface area contributed by atoms with E-state index in [0.717, 1.165) is 4.47 Å². The lowest BCUT2D eigenvalue weighted by Crippen LogP contribution is -2.01. The number of ether oxygens (including phenoxy) is 1. The highest BCUT2D eigenvalue weighted by Crippen LogP contribution is 2.34. The maximum atomic E-state index is 13.6. The quantitative estimate of drug-likeness (QED) is 0.758. The summed E-state index contributed by atoms with van der Waals surface area (Å²) in [5.41, 5.74) is 7.29. The largest absolute Gasteiger partial charge is 0.491 e. The Balaban J connectivity index is 2.37. The van der Waals surface area contributed by atoms with Gasteiger partial charge in [0.1, 0.15) is 0 Å². The number of halogens is 3. The highest BCUT2D eigenvalue weighted by molar-refractivity contribution is 9.10. The van der Waals surface area contributed by atoms with E-state index in [4.69, 9.17) is 22.1 Å². The van der Waals surface area contributed by atoms with Gasteiger partial charge in [-0.1, -0.05) is 27.5 Å². The second-order valence-corrected chi connectivity index (χ2v) is 5.37. The van der Waals surface area contributed by atoms with Gasteiger partial charge in [0, 0.05) is 16.6 Å². The lowest BCUT2D eigenvalue weighted by molar-refractivity contribution is 0.322. The number of hydrogen-bond donors (Lipinski definition) is 2. The molecule has 0 aliphatic heterocycles. The van der Waals surface area contributed by atoms with Crippen LogP contribution >= 0.6 is 27.5 Å². The maximum absolute atomic E-state index is 13.6. The molecule has 3 nitrogen and oxygen atoms in total. The maximum Gasteiger partial charge on any atom is 0.167 e. The Hall–Kier alpha value is -1.46. The van der Waals surface area contributed by atoms with Crippen molar-refractivity contribution in [1.82, 2.24) is 0 Å². The summed E-state index contributed by atoms with van der Waals surface area (Å²) >= 11 is 9.47. The second kappa shape index (κ2) is 6.33. The van der Waals surface area contributed by atoms with Gasteiger partial charge in [0.05, 0.1) is 28.7 Å². The Kier molecular flexibility index (Phi) is 4.73. The summed E-state index contributed by atoms with van der Waals surface area (Å²) in [4.78, 5) is 0. The molecule has 0 bridgehead atoms. The molecule has 20 heavy (non-hydrogen) atoms. The van der Waals surface area contributed by atoms with E-state index in [0.29, 0.717) is 23.0 Å². The van der Waals surface area contributed by atoms with E-state index in [1.54, 1.807) is 13.0 Å².